The maximum Gasteiger partial charge on any atom is 0.200 e. The number of Topliss-reactive ketones (excluding diaryl/α,β-unsaturated/α-hetero) is 1. The molecular weight excluding hydrogens is 399 g/mol. The van der Waals surface area contributed by atoms with Gasteiger partial charge >= 0.3 is 0 Å². The summed E-state index contributed by atoms with van der Waals surface area (Å²) in [5.41, 5.74) is 2.60. The summed E-state index contributed by atoms with van der Waals surface area (Å²) in [5, 5.41) is 1.18. The third-order valence-electron chi connectivity index (χ3n) is 4.16. The fourth-order valence-electron chi connectivity index (χ4n) is 2.75. The van der Waals surface area contributed by atoms with Gasteiger partial charge in [0.05, 0.1) is 4.91 Å². The van der Waals surface area contributed by atoms with Gasteiger partial charge in [-0.15, -0.1) is 0 Å². The molecule has 0 saturated heterocycles. The summed E-state index contributed by atoms with van der Waals surface area (Å²) in [5.74, 6) is 0.810. The predicted octanol–water partition coefficient (Wildman–Crippen LogP) is 6.90. The van der Waals surface area contributed by atoms with Gasteiger partial charge in [0.2, 0.25) is 5.78 Å². The number of benzene rings is 3. The molecule has 1 heterocycles. The van der Waals surface area contributed by atoms with E-state index in [1.807, 2.05) is 60.7 Å². The van der Waals surface area contributed by atoms with Crippen molar-refractivity contribution in [3.05, 3.63) is 98.4 Å². The zero-order valence-electron chi connectivity index (χ0n) is 14.1. The van der Waals surface area contributed by atoms with Crippen LogP contribution in [-0.2, 0) is 6.61 Å². The van der Waals surface area contributed by atoms with Gasteiger partial charge in [-0.25, -0.2) is 0 Å². The van der Waals surface area contributed by atoms with E-state index < -0.39 is 0 Å². The Labute approximate surface area is 171 Å². The van der Waals surface area contributed by atoms with Gasteiger partial charge in [-0.05, 0) is 48.0 Å². The average molecular weight is 413 g/mol. The highest BCUT2D eigenvalue weighted by Gasteiger charge is 2.24. The standard InChI is InChI=1S/C22H14Cl2O2S/c23-16-8-7-15(19(24)12-16)13-26-17-9-5-14(6-10-17)11-21-22(25)18-3-1-2-4-20(18)27-21/h1-12H,13H2/b21-11-. The Hall–Kier alpha value is -2.20. The van der Waals surface area contributed by atoms with E-state index in [2.05, 4.69) is 0 Å². The van der Waals surface area contributed by atoms with Gasteiger partial charge in [-0.2, -0.15) is 0 Å². The first-order chi connectivity index (χ1) is 13.1. The lowest BCUT2D eigenvalue weighted by molar-refractivity contribution is 0.104. The molecule has 0 atom stereocenters. The molecule has 0 radical (unpaired) electrons. The summed E-state index contributed by atoms with van der Waals surface area (Å²) >= 11 is 13.6. The molecule has 3 aromatic rings. The van der Waals surface area contributed by atoms with E-state index in [-0.39, 0.29) is 5.78 Å². The molecule has 5 heteroatoms. The van der Waals surface area contributed by atoms with Crippen LogP contribution in [0.5, 0.6) is 5.75 Å². The lowest BCUT2D eigenvalue weighted by Crippen LogP contribution is -1.96. The van der Waals surface area contributed by atoms with Crippen LogP contribution in [-0.4, -0.2) is 5.78 Å². The highest BCUT2D eigenvalue weighted by atomic mass is 35.5. The maximum atomic E-state index is 12.4. The normalized spacial score (nSPS) is 14.4. The van der Waals surface area contributed by atoms with Gasteiger partial charge in [0.25, 0.3) is 0 Å². The molecule has 0 unspecified atom stereocenters. The fourth-order valence-corrected chi connectivity index (χ4v) is 4.26. The number of hydrogen-bond acceptors (Lipinski definition) is 3. The van der Waals surface area contributed by atoms with E-state index in [0.717, 1.165) is 32.2 Å². The van der Waals surface area contributed by atoms with Crippen molar-refractivity contribution in [1.82, 2.24) is 0 Å². The first-order valence-corrected chi connectivity index (χ1v) is 9.87. The van der Waals surface area contributed by atoms with Gasteiger partial charge in [0.1, 0.15) is 12.4 Å². The van der Waals surface area contributed by atoms with Crippen molar-refractivity contribution >= 4 is 46.8 Å². The second-order valence-corrected chi connectivity index (χ2v) is 7.96. The Morgan fingerprint density at radius 1 is 0.963 bits per heavy atom. The summed E-state index contributed by atoms with van der Waals surface area (Å²) in [6.45, 7) is 0.361. The van der Waals surface area contributed by atoms with Crippen molar-refractivity contribution in [3.8, 4) is 5.75 Å². The number of carbonyl (C=O) groups is 1. The summed E-state index contributed by atoms with van der Waals surface area (Å²) in [6, 6.07) is 20.6. The molecule has 0 N–H and O–H groups in total. The van der Waals surface area contributed by atoms with Crippen molar-refractivity contribution in [2.45, 2.75) is 11.5 Å². The van der Waals surface area contributed by atoms with Gasteiger partial charge in [0.15, 0.2) is 0 Å². The Morgan fingerprint density at radius 3 is 2.48 bits per heavy atom. The highest BCUT2D eigenvalue weighted by molar-refractivity contribution is 8.04. The molecular formula is C22H14Cl2O2S. The zero-order chi connectivity index (χ0) is 18.8. The van der Waals surface area contributed by atoms with Crippen LogP contribution >= 0.6 is 35.0 Å². The van der Waals surface area contributed by atoms with Crippen molar-refractivity contribution < 1.29 is 9.53 Å². The minimum absolute atomic E-state index is 0.0771. The van der Waals surface area contributed by atoms with Gasteiger partial charge in [-0.1, -0.05) is 65.3 Å². The summed E-state index contributed by atoms with van der Waals surface area (Å²) in [6.07, 6.45) is 1.91. The Morgan fingerprint density at radius 2 is 1.74 bits per heavy atom. The first-order valence-electron chi connectivity index (χ1n) is 8.30. The Bertz CT molecular complexity index is 1040. The highest BCUT2D eigenvalue weighted by Crippen LogP contribution is 2.40. The number of rotatable bonds is 4. The van der Waals surface area contributed by atoms with Crippen molar-refractivity contribution in [1.29, 1.82) is 0 Å². The van der Waals surface area contributed by atoms with E-state index in [0.29, 0.717) is 16.7 Å². The number of ether oxygens (including phenoxy) is 1. The summed E-state index contributed by atoms with van der Waals surface area (Å²) in [4.78, 5) is 14.2. The Kier molecular flexibility index (Phi) is 5.26. The molecule has 27 heavy (non-hydrogen) atoms. The van der Waals surface area contributed by atoms with Crippen LogP contribution in [0, 0.1) is 0 Å². The number of ketones is 1. The number of thioether (sulfide) groups is 1. The van der Waals surface area contributed by atoms with E-state index in [1.54, 1.807) is 12.1 Å². The molecule has 134 valence electrons. The van der Waals surface area contributed by atoms with Crippen molar-refractivity contribution in [3.63, 3.8) is 0 Å². The first kappa shape index (κ1) is 18.2. The number of fused-ring (bicyclic) bond motifs is 1. The van der Waals surface area contributed by atoms with Gasteiger partial charge in [-0.3, -0.25) is 4.79 Å². The van der Waals surface area contributed by atoms with Crippen LogP contribution in [0.1, 0.15) is 21.5 Å². The van der Waals surface area contributed by atoms with Crippen molar-refractivity contribution in [2.24, 2.45) is 0 Å². The zero-order valence-corrected chi connectivity index (χ0v) is 16.4. The van der Waals surface area contributed by atoms with Crippen LogP contribution in [0.15, 0.2) is 76.5 Å². The van der Waals surface area contributed by atoms with E-state index in [4.69, 9.17) is 27.9 Å². The topological polar surface area (TPSA) is 26.3 Å². The minimum Gasteiger partial charge on any atom is -0.489 e. The molecule has 4 rings (SSSR count). The largest absolute Gasteiger partial charge is 0.489 e. The minimum atomic E-state index is 0.0771. The van der Waals surface area contributed by atoms with Crippen LogP contribution in [0.25, 0.3) is 6.08 Å². The predicted molar refractivity (Wildman–Crippen MR) is 112 cm³/mol. The lowest BCUT2D eigenvalue weighted by Gasteiger charge is -2.08. The monoisotopic (exact) mass is 412 g/mol. The third-order valence-corrected chi connectivity index (χ3v) is 5.85. The molecule has 0 fully saturated rings. The van der Waals surface area contributed by atoms with Crippen LogP contribution in [0.4, 0.5) is 0 Å². The molecule has 2 nitrogen and oxygen atoms in total. The second-order valence-electron chi connectivity index (χ2n) is 6.03. The smallest absolute Gasteiger partial charge is 0.200 e. The van der Waals surface area contributed by atoms with Crippen LogP contribution in [0.2, 0.25) is 10.0 Å². The molecule has 0 aromatic heterocycles. The van der Waals surface area contributed by atoms with E-state index in [1.165, 1.54) is 11.8 Å². The quantitative estimate of drug-likeness (QED) is 0.435. The summed E-state index contributed by atoms with van der Waals surface area (Å²) < 4.78 is 5.79. The van der Waals surface area contributed by atoms with E-state index in [9.17, 15) is 4.79 Å². The molecule has 0 bridgehead atoms. The second kappa shape index (κ2) is 7.81. The third kappa shape index (κ3) is 4.06. The molecule has 0 amide bonds. The summed E-state index contributed by atoms with van der Waals surface area (Å²) in [7, 11) is 0. The Balaban J connectivity index is 1.44. The fraction of sp³-hybridized carbons (Fsp3) is 0.0455. The molecule has 0 saturated carbocycles. The van der Waals surface area contributed by atoms with Gasteiger partial charge < -0.3 is 4.74 Å². The van der Waals surface area contributed by atoms with Crippen LogP contribution in [0.3, 0.4) is 0 Å². The molecule has 1 aliphatic heterocycles. The van der Waals surface area contributed by atoms with Crippen LogP contribution < -0.4 is 4.74 Å². The van der Waals surface area contributed by atoms with Gasteiger partial charge in [0, 0.05) is 26.1 Å². The number of allylic oxidation sites excluding steroid dienone is 1. The SMILES string of the molecule is O=C1/C(=C/c2ccc(OCc3ccc(Cl)cc3Cl)cc2)Sc2ccccc21. The lowest BCUT2D eigenvalue weighted by atomic mass is 10.1. The molecule has 0 aliphatic carbocycles. The molecule has 0 spiro atoms. The number of halogens is 2. The number of hydrogen-bond donors (Lipinski definition) is 0. The van der Waals surface area contributed by atoms with E-state index >= 15 is 0 Å². The molecule has 3 aromatic carbocycles. The number of carbonyl (C=O) groups excluding carboxylic acids is 1. The molecule has 1 aliphatic rings. The maximum absolute atomic E-state index is 12.4. The van der Waals surface area contributed by atoms with Crippen molar-refractivity contribution in [2.75, 3.05) is 0 Å². The average Bonchev–Trinajstić information content (AvgIpc) is 2.98.